The Morgan fingerprint density at radius 1 is 1.00 bits per heavy atom. The predicted molar refractivity (Wildman–Crippen MR) is 116 cm³/mol. The Kier molecular flexibility index (Phi) is 5.50. The van der Waals surface area contributed by atoms with Gasteiger partial charge in [-0.05, 0) is 43.2 Å². The second-order valence-electron chi connectivity index (χ2n) is 6.83. The Morgan fingerprint density at radius 3 is 2.55 bits per heavy atom. The zero-order valence-electron chi connectivity index (χ0n) is 15.1. The van der Waals surface area contributed by atoms with E-state index in [9.17, 15) is 13.2 Å². The summed E-state index contributed by atoms with van der Waals surface area (Å²) in [5.74, 6) is 0.0451. The van der Waals surface area contributed by atoms with Crippen LogP contribution in [0, 0.1) is 0 Å². The Bertz CT molecular complexity index is 1150. The number of amides is 1. The number of nitrogens with one attached hydrogen (secondary N) is 1. The molecule has 1 N–H and O–H groups in total. The number of hydrogen-bond donors (Lipinski definition) is 1. The number of benzene rings is 2. The van der Waals surface area contributed by atoms with E-state index >= 15 is 0 Å². The van der Waals surface area contributed by atoms with Gasteiger partial charge in [0.2, 0.25) is 0 Å². The second kappa shape index (κ2) is 7.80. The van der Waals surface area contributed by atoms with Crippen molar-refractivity contribution in [1.82, 2.24) is 0 Å². The van der Waals surface area contributed by atoms with Crippen molar-refractivity contribution in [3.05, 3.63) is 51.0 Å². The van der Waals surface area contributed by atoms with Crippen LogP contribution in [0.4, 0.5) is 11.4 Å². The van der Waals surface area contributed by atoms with Crippen LogP contribution >= 0.6 is 34.8 Å². The lowest BCUT2D eigenvalue weighted by Crippen LogP contribution is -2.35. The maximum Gasteiger partial charge on any atom is 0.286 e. The number of carbonyl (C=O) groups excluding carboxylic acids is 1. The highest BCUT2D eigenvalue weighted by molar-refractivity contribution is 7.90. The highest BCUT2D eigenvalue weighted by Gasteiger charge is 2.32. The molecule has 0 radical (unpaired) electrons. The van der Waals surface area contributed by atoms with Crippen LogP contribution in [0.1, 0.15) is 36.0 Å². The first-order valence-electron chi connectivity index (χ1n) is 8.97. The van der Waals surface area contributed by atoms with E-state index in [0.29, 0.717) is 24.5 Å². The summed E-state index contributed by atoms with van der Waals surface area (Å²) in [6, 6.07) is 7.44. The number of anilines is 2. The maximum atomic E-state index is 12.7. The molecule has 29 heavy (non-hydrogen) atoms. The molecule has 1 fully saturated rings. The fourth-order valence-electron chi connectivity index (χ4n) is 3.43. The molecule has 10 heteroatoms. The summed E-state index contributed by atoms with van der Waals surface area (Å²) in [6.07, 6.45) is 3.51. The van der Waals surface area contributed by atoms with Gasteiger partial charge in [0.25, 0.3) is 15.9 Å². The smallest absolute Gasteiger partial charge is 0.286 e. The maximum absolute atomic E-state index is 12.7. The summed E-state index contributed by atoms with van der Waals surface area (Å²) in [6.45, 7) is 0.700. The Balaban J connectivity index is 1.69. The zero-order chi connectivity index (χ0) is 20.8. The van der Waals surface area contributed by atoms with Gasteiger partial charge in [-0.25, -0.2) is 0 Å². The molecule has 2 heterocycles. The zero-order valence-corrected chi connectivity index (χ0v) is 18.2. The molecule has 0 saturated carbocycles. The molecule has 1 amide bonds. The van der Waals surface area contributed by atoms with Gasteiger partial charge < -0.3 is 10.2 Å². The molecule has 6 nitrogen and oxygen atoms in total. The summed E-state index contributed by atoms with van der Waals surface area (Å²) < 4.78 is 29.4. The van der Waals surface area contributed by atoms with Gasteiger partial charge in [-0.1, -0.05) is 41.2 Å². The van der Waals surface area contributed by atoms with Gasteiger partial charge in [0.05, 0.1) is 26.4 Å². The molecule has 0 unspecified atom stereocenters. The van der Waals surface area contributed by atoms with Crippen LogP contribution in [0.15, 0.2) is 39.6 Å². The number of amidine groups is 1. The van der Waals surface area contributed by atoms with E-state index in [1.165, 1.54) is 18.2 Å². The fourth-order valence-corrected chi connectivity index (χ4v) is 5.31. The van der Waals surface area contributed by atoms with Crippen LogP contribution in [0.25, 0.3) is 0 Å². The summed E-state index contributed by atoms with van der Waals surface area (Å²) in [5.41, 5.74) is 1.00. The summed E-state index contributed by atoms with van der Waals surface area (Å²) in [5, 5.41) is 3.36. The van der Waals surface area contributed by atoms with Crippen molar-refractivity contribution < 1.29 is 13.2 Å². The van der Waals surface area contributed by atoms with E-state index in [-0.39, 0.29) is 31.2 Å². The molecule has 152 valence electrons. The van der Waals surface area contributed by atoms with Gasteiger partial charge in [0, 0.05) is 18.5 Å². The van der Waals surface area contributed by atoms with Crippen LogP contribution in [0.2, 0.25) is 15.1 Å². The van der Waals surface area contributed by atoms with Gasteiger partial charge in [-0.2, -0.15) is 8.42 Å². The Labute approximate surface area is 183 Å². The number of halogens is 3. The number of fused-ring (bicyclic) bond motifs is 3. The largest absolute Gasteiger partial charge is 0.328 e. The van der Waals surface area contributed by atoms with Crippen LogP contribution in [-0.4, -0.2) is 26.7 Å². The second-order valence-corrected chi connectivity index (χ2v) is 9.62. The van der Waals surface area contributed by atoms with Gasteiger partial charge in [-0.15, -0.1) is 4.40 Å². The molecule has 0 aliphatic carbocycles. The topological polar surface area (TPSA) is 78.8 Å². The quantitative estimate of drug-likeness (QED) is 0.595. The van der Waals surface area contributed by atoms with E-state index in [1.54, 1.807) is 12.1 Å². The normalized spacial score (nSPS) is 17.6. The SMILES string of the molecule is O=C(Nc1cc(Cl)c(Cl)cc1Cl)c1ccc2c(c1)S(=O)(=O)N=C1CCCCCN12. The molecule has 1 saturated heterocycles. The number of nitrogens with zero attached hydrogens (tertiary/aromatic N) is 2. The van der Waals surface area contributed by atoms with E-state index in [2.05, 4.69) is 9.71 Å². The van der Waals surface area contributed by atoms with E-state index in [1.807, 2.05) is 4.90 Å². The summed E-state index contributed by atoms with van der Waals surface area (Å²) in [7, 11) is -3.88. The molecule has 2 aliphatic rings. The van der Waals surface area contributed by atoms with Crippen molar-refractivity contribution in [2.24, 2.45) is 4.40 Å². The minimum Gasteiger partial charge on any atom is -0.328 e. The van der Waals surface area contributed by atoms with Crippen LogP contribution in [0.5, 0.6) is 0 Å². The predicted octanol–water partition coefficient (Wildman–Crippen LogP) is 5.38. The summed E-state index contributed by atoms with van der Waals surface area (Å²) >= 11 is 18.0. The van der Waals surface area contributed by atoms with Crippen LogP contribution in [0.3, 0.4) is 0 Å². The minimum atomic E-state index is -3.88. The lowest BCUT2D eigenvalue weighted by molar-refractivity contribution is 0.102. The lowest BCUT2D eigenvalue weighted by Gasteiger charge is -2.29. The first-order chi connectivity index (χ1) is 13.8. The van der Waals surface area contributed by atoms with E-state index < -0.39 is 15.9 Å². The molecule has 2 aliphatic heterocycles. The van der Waals surface area contributed by atoms with Gasteiger partial charge in [0.15, 0.2) is 0 Å². The van der Waals surface area contributed by atoms with Gasteiger partial charge in [0.1, 0.15) is 10.7 Å². The average molecular weight is 473 g/mol. The monoisotopic (exact) mass is 471 g/mol. The summed E-state index contributed by atoms with van der Waals surface area (Å²) in [4.78, 5) is 14.7. The van der Waals surface area contributed by atoms with E-state index in [4.69, 9.17) is 34.8 Å². The third kappa shape index (κ3) is 3.97. The van der Waals surface area contributed by atoms with Gasteiger partial charge >= 0.3 is 0 Å². The Morgan fingerprint density at radius 2 is 1.76 bits per heavy atom. The molecule has 0 spiro atoms. The highest BCUT2D eigenvalue weighted by atomic mass is 35.5. The van der Waals surface area contributed by atoms with Crippen LogP contribution < -0.4 is 10.2 Å². The van der Waals surface area contributed by atoms with Crippen LogP contribution in [-0.2, 0) is 10.0 Å². The molecule has 2 aromatic carbocycles. The third-order valence-corrected chi connectivity index (χ3v) is 7.24. The number of sulfonamides is 1. The molecule has 0 bridgehead atoms. The molecular weight excluding hydrogens is 457 g/mol. The van der Waals surface area contributed by atoms with Crippen molar-refractivity contribution in [2.75, 3.05) is 16.8 Å². The molecule has 0 aromatic heterocycles. The number of hydrogen-bond acceptors (Lipinski definition) is 4. The number of rotatable bonds is 2. The van der Waals surface area contributed by atoms with Crippen molar-refractivity contribution in [1.29, 1.82) is 0 Å². The van der Waals surface area contributed by atoms with Crippen molar-refractivity contribution in [3.63, 3.8) is 0 Å². The molecule has 2 aromatic rings. The highest BCUT2D eigenvalue weighted by Crippen LogP contribution is 2.36. The van der Waals surface area contributed by atoms with Crippen molar-refractivity contribution in [3.8, 4) is 0 Å². The minimum absolute atomic E-state index is 0.0241. The average Bonchev–Trinajstić information content (AvgIpc) is 2.90. The van der Waals surface area contributed by atoms with Gasteiger partial charge in [-0.3, -0.25) is 4.79 Å². The molecular formula is C19H16Cl3N3O3S. The van der Waals surface area contributed by atoms with Crippen molar-refractivity contribution >= 4 is 67.9 Å². The lowest BCUT2D eigenvalue weighted by atomic mass is 10.1. The first kappa shape index (κ1) is 20.5. The first-order valence-corrected chi connectivity index (χ1v) is 11.5. The van der Waals surface area contributed by atoms with E-state index in [0.717, 1.165) is 19.3 Å². The molecule has 4 rings (SSSR count). The standard InChI is InChI=1S/C19H16Cl3N3O3S/c20-12-9-14(22)15(10-13(12)21)23-19(26)11-5-6-16-17(8-11)29(27,28)24-18-4-2-1-3-7-25(16)18/h5-6,8-10H,1-4,7H2,(H,23,26). The number of carbonyl (C=O) groups is 1. The molecule has 0 atom stereocenters. The fraction of sp³-hybridized carbons (Fsp3) is 0.263. The van der Waals surface area contributed by atoms with Crippen molar-refractivity contribution in [2.45, 2.75) is 30.6 Å². The Hall–Kier alpha value is -1.80. The third-order valence-electron chi connectivity index (χ3n) is 4.87.